The predicted molar refractivity (Wildman–Crippen MR) is 76.3 cm³/mol. The van der Waals surface area contributed by atoms with Crippen molar-refractivity contribution in [3.05, 3.63) is 39.6 Å². The summed E-state index contributed by atoms with van der Waals surface area (Å²) in [5, 5.41) is 17.8. The Morgan fingerprint density at radius 2 is 2.24 bits per heavy atom. The fourth-order valence-corrected chi connectivity index (χ4v) is 2.84. The first-order valence-electron chi connectivity index (χ1n) is 6.34. The number of carbonyl (C=O) groups is 1. The van der Waals surface area contributed by atoms with Gasteiger partial charge in [0.15, 0.2) is 5.69 Å². The highest BCUT2D eigenvalue weighted by Gasteiger charge is 2.30. The summed E-state index contributed by atoms with van der Waals surface area (Å²) in [6.07, 6.45) is 1.24. The number of aromatic nitrogens is 3. The quantitative estimate of drug-likeness (QED) is 0.937. The molecular formula is C13H11Cl2N3O3. The molecule has 1 fully saturated rings. The van der Waals surface area contributed by atoms with Gasteiger partial charge in [-0.2, -0.15) is 0 Å². The van der Waals surface area contributed by atoms with Gasteiger partial charge < -0.3 is 9.84 Å². The molecule has 1 N–H and O–H groups in total. The maximum absolute atomic E-state index is 11.3. The first kappa shape index (κ1) is 14.3. The van der Waals surface area contributed by atoms with Crippen molar-refractivity contribution >= 4 is 29.2 Å². The first-order chi connectivity index (χ1) is 10.1. The molecule has 1 aromatic carbocycles. The van der Waals surface area contributed by atoms with Gasteiger partial charge in [0.2, 0.25) is 0 Å². The van der Waals surface area contributed by atoms with E-state index >= 15 is 0 Å². The first-order valence-corrected chi connectivity index (χ1v) is 7.09. The summed E-state index contributed by atoms with van der Waals surface area (Å²) in [6, 6.07) is 4.90. The average molecular weight is 328 g/mol. The summed E-state index contributed by atoms with van der Waals surface area (Å²) in [5.74, 6) is -1.14. The molecule has 1 atom stereocenters. The van der Waals surface area contributed by atoms with E-state index in [4.69, 9.17) is 27.9 Å². The topological polar surface area (TPSA) is 77.2 Å². The Morgan fingerprint density at radius 1 is 1.43 bits per heavy atom. The summed E-state index contributed by atoms with van der Waals surface area (Å²) >= 11 is 12.0. The number of halogens is 2. The Hall–Kier alpha value is -1.63. The molecule has 6 nitrogen and oxygen atoms in total. The number of benzene rings is 1. The normalized spacial score (nSPS) is 18.1. The molecule has 0 amide bonds. The largest absolute Gasteiger partial charge is 0.476 e. The molecule has 1 aliphatic heterocycles. The molecule has 1 saturated heterocycles. The second-order valence-electron chi connectivity index (χ2n) is 4.64. The van der Waals surface area contributed by atoms with Gasteiger partial charge in [0, 0.05) is 11.6 Å². The lowest BCUT2D eigenvalue weighted by molar-refractivity contribution is 0.0673. The van der Waals surface area contributed by atoms with Crippen LogP contribution in [0.15, 0.2) is 18.2 Å². The third kappa shape index (κ3) is 2.62. The SMILES string of the molecule is O=C(O)c1nnn(-c2ccc(Cl)cc2Cl)c1C1CCCO1. The summed E-state index contributed by atoms with van der Waals surface area (Å²) in [7, 11) is 0. The van der Waals surface area contributed by atoms with Crippen LogP contribution in [0.4, 0.5) is 0 Å². The fourth-order valence-electron chi connectivity index (χ4n) is 2.35. The van der Waals surface area contributed by atoms with Crippen molar-refractivity contribution in [2.24, 2.45) is 0 Å². The highest BCUT2D eigenvalue weighted by Crippen LogP contribution is 2.33. The second kappa shape index (κ2) is 5.63. The number of carboxylic acid groups (broad SMARTS) is 1. The minimum atomic E-state index is -1.14. The Balaban J connectivity index is 2.15. The Kier molecular flexibility index (Phi) is 3.84. The molecule has 1 aromatic heterocycles. The molecule has 110 valence electrons. The molecule has 1 aliphatic rings. The van der Waals surface area contributed by atoms with E-state index in [0.717, 1.165) is 12.8 Å². The van der Waals surface area contributed by atoms with Gasteiger partial charge in [0.05, 0.1) is 10.7 Å². The molecule has 2 aromatic rings. The Labute approximate surface area is 130 Å². The van der Waals surface area contributed by atoms with Gasteiger partial charge in [-0.1, -0.05) is 28.4 Å². The zero-order valence-corrected chi connectivity index (χ0v) is 12.3. The second-order valence-corrected chi connectivity index (χ2v) is 5.48. The summed E-state index contributed by atoms with van der Waals surface area (Å²) in [4.78, 5) is 11.3. The number of rotatable bonds is 3. The van der Waals surface area contributed by atoms with Crippen LogP contribution in [0.5, 0.6) is 0 Å². The van der Waals surface area contributed by atoms with Crippen LogP contribution >= 0.6 is 23.2 Å². The van der Waals surface area contributed by atoms with Crippen molar-refractivity contribution in [2.75, 3.05) is 6.61 Å². The molecule has 1 unspecified atom stereocenters. The lowest BCUT2D eigenvalue weighted by Crippen LogP contribution is -2.11. The van der Waals surface area contributed by atoms with Crippen molar-refractivity contribution in [1.82, 2.24) is 15.0 Å². The van der Waals surface area contributed by atoms with Gasteiger partial charge in [-0.25, -0.2) is 9.48 Å². The van der Waals surface area contributed by atoms with Gasteiger partial charge in [0.25, 0.3) is 0 Å². The van der Waals surface area contributed by atoms with E-state index in [2.05, 4.69) is 10.3 Å². The van der Waals surface area contributed by atoms with Crippen LogP contribution in [0.25, 0.3) is 5.69 Å². The minimum absolute atomic E-state index is 0.118. The molecule has 2 heterocycles. The molecule has 0 saturated carbocycles. The van der Waals surface area contributed by atoms with Crippen molar-refractivity contribution in [3.63, 3.8) is 0 Å². The number of ether oxygens (including phenoxy) is 1. The van der Waals surface area contributed by atoms with Crippen molar-refractivity contribution in [3.8, 4) is 5.69 Å². The van der Waals surface area contributed by atoms with Crippen LogP contribution in [0.1, 0.15) is 35.1 Å². The van der Waals surface area contributed by atoms with E-state index < -0.39 is 5.97 Å². The number of carboxylic acids is 1. The van der Waals surface area contributed by atoms with Crippen molar-refractivity contribution < 1.29 is 14.6 Å². The van der Waals surface area contributed by atoms with Crippen LogP contribution in [-0.4, -0.2) is 32.7 Å². The average Bonchev–Trinajstić information content (AvgIpc) is 3.06. The number of aromatic carboxylic acids is 1. The lowest BCUT2D eigenvalue weighted by atomic mass is 10.1. The zero-order valence-electron chi connectivity index (χ0n) is 10.8. The predicted octanol–water partition coefficient (Wildman–Crippen LogP) is 3.12. The maximum atomic E-state index is 11.3. The number of nitrogens with zero attached hydrogens (tertiary/aromatic N) is 3. The standard InChI is InChI=1S/C13H11Cl2N3O3/c14-7-3-4-9(8(15)6-7)18-12(10-2-1-5-21-10)11(13(19)20)16-17-18/h3-4,6,10H,1-2,5H2,(H,19,20). The molecule has 0 aliphatic carbocycles. The Morgan fingerprint density at radius 3 is 2.86 bits per heavy atom. The molecule has 3 rings (SSSR count). The molecule has 0 bridgehead atoms. The van der Waals surface area contributed by atoms with E-state index in [9.17, 15) is 9.90 Å². The minimum Gasteiger partial charge on any atom is -0.476 e. The summed E-state index contributed by atoms with van der Waals surface area (Å²) < 4.78 is 7.00. The highest BCUT2D eigenvalue weighted by molar-refractivity contribution is 6.35. The van der Waals surface area contributed by atoms with Crippen LogP contribution in [0, 0.1) is 0 Å². The highest BCUT2D eigenvalue weighted by atomic mass is 35.5. The molecular weight excluding hydrogens is 317 g/mol. The number of hydrogen-bond donors (Lipinski definition) is 1. The van der Waals surface area contributed by atoms with E-state index in [1.807, 2.05) is 0 Å². The third-order valence-corrected chi connectivity index (χ3v) is 3.82. The van der Waals surface area contributed by atoms with Crippen molar-refractivity contribution in [1.29, 1.82) is 0 Å². The third-order valence-electron chi connectivity index (χ3n) is 3.28. The zero-order chi connectivity index (χ0) is 15.0. The van der Waals surface area contributed by atoms with Crippen LogP contribution in [0.3, 0.4) is 0 Å². The monoisotopic (exact) mass is 327 g/mol. The van der Waals surface area contributed by atoms with Gasteiger partial charge in [-0.05, 0) is 31.0 Å². The molecule has 0 radical (unpaired) electrons. The smallest absolute Gasteiger partial charge is 0.358 e. The molecule has 0 spiro atoms. The van der Waals surface area contributed by atoms with E-state index in [0.29, 0.717) is 28.0 Å². The van der Waals surface area contributed by atoms with Crippen LogP contribution in [-0.2, 0) is 4.74 Å². The van der Waals surface area contributed by atoms with E-state index in [-0.39, 0.29) is 11.8 Å². The molecule has 8 heteroatoms. The maximum Gasteiger partial charge on any atom is 0.358 e. The van der Waals surface area contributed by atoms with Crippen LogP contribution < -0.4 is 0 Å². The van der Waals surface area contributed by atoms with E-state index in [1.165, 1.54) is 4.68 Å². The van der Waals surface area contributed by atoms with Gasteiger partial charge >= 0.3 is 5.97 Å². The van der Waals surface area contributed by atoms with Crippen molar-refractivity contribution in [2.45, 2.75) is 18.9 Å². The summed E-state index contributed by atoms with van der Waals surface area (Å²) in [5.41, 5.74) is 0.809. The fraction of sp³-hybridized carbons (Fsp3) is 0.308. The van der Waals surface area contributed by atoms with Gasteiger partial charge in [-0.3, -0.25) is 0 Å². The lowest BCUT2D eigenvalue weighted by Gasteiger charge is -2.13. The van der Waals surface area contributed by atoms with Gasteiger partial charge in [0.1, 0.15) is 11.8 Å². The van der Waals surface area contributed by atoms with Crippen LogP contribution in [0.2, 0.25) is 10.0 Å². The van der Waals surface area contributed by atoms with Gasteiger partial charge in [-0.15, -0.1) is 5.10 Å². The number of hydrogen-bond acceptors (Lipinski definition) is 4. The van der Waals surface area contributed by atoms with E-state index in [1.54, 1.807) is 18.2 Å². The summed E-state index contributed by atoms with van der Waals surface area (Å²) in [6.45, 7) is 0.587. The Bertz CT molecular complexity index is 696. The molecule has 21 heavy (non-hydrogen) atoms.